The van der Waals surface area contributed by atoms with Gasteiger partial charge in [-0.3, -0.25) is 4.79 Å². The van der Waals surface area contributed by atoms with Gasteiger partial charge in [-0.05, 0) is 30.7 Å². The lowest BCUT2D eigenvalue weighted by atomic mass is 9.80. The monoisotopic (exact) mass is 389 g/mol. The summed E-state index contributed by atoms with van der Waals surface area (Å²) in [6.07, 6.45) is 1.78. The first kappa shape index (κ1) is 16.8. The molecule has 2 N–H and O–H groups in total. The van der Waals surface area contributed by atoms with Gasteiger partial charge < -0.3 is 14.9 Å². The number of fused-ring (bicyclic) bond motifs is 1. The maximum atomic E-state index is 12.6. The number of hydrogen-bond donors (Lipinski definition) is 1. The zero-order valence-electron chi connectivity index (χ0n) is 14.8. The zero-order valence-corrected chi connectivity index (χ0v) is 15.6. The molecule has 5 rings (SSSR count). The molecule has 0 amide bonds. The molecule has 0 bridgehead atoms. The van der Waals surface area contributed by atoms with Crippen molar-refractivity contribution in [3.05, 3.63) is 64.9 Å². The summed E-state index contributed by atoms with van der Waals surface area (Å²) < 4.78 is 12.7. The van der Waals surface area contributed by atoms with Crippen LogP contribution >= 0.6 is 11.3 Å². The standard InChI is InChI=1S/C21H15N3O3S/c22-10-11-18(19-13(25)5-3-6-14(19)27-20(11)23)15-8-9-16(26-15)21-24-12-4-1-2-7-17(12)28-21/h1-2,4,7-9,18H,3,5-6,23H2. The van der Waals surface area contributed by atoms with Crippen LogP contribution in [0.3, 0.4) is 0 Å². The minimum Gasteiger partial charge on any atom is -0.458 e. The molecule has 28 heavy (non-hydrogen) atoms. The van der Waals surface area contributed by atoms with E-state index < -0.39 is 5.92 Å². The molecule has 1 unspecified atom stereocenters. The van der Waals surface area contributed by atoms with Crippen LogP contribution in [0.15, 0.2) is 63.6 Å². The van der Waals surface area contributed by atoms with Gasteiger partial charge in [0.15, 0.2) is 16.6 Å². The van der Waals surface area contributed by atoms with Gasteiger partial charge in [-0.15, -0.1) is 11.3 Å². The minimum atomic E-state index is -0.635. The van der Waals surface area contributed by atoms with Crippen LogP contribution < -0.4 is 5.73 Å². The molecule has 7 heteroatoms. The van der Waals surface area contributed by atoms with Gasteiger partial charge >= 0.3 is 0 Å². The predicted octanol–water partition coefficient (Wildman–Crippen LogP) is 4.37. The molecule has 3 aromatic rings. The Labute approximate surface area is 164 Å². The highest BCUT2D eigenvalue weighted by atomic mass is 32.1. The number of furan rings is 1. The molecule has 1 aromatic carbocycles. The fraction of sp³-hybridized carbons (Fsp3) is 0.190. The fourth-order valence-electron chi connectivity index (χ4n) is 3.74. The van der Waals surface area contributed by atoms with Gasteiger partial charge in [-0.25, -0.2) is 4.98 Å². The molecule has 0 spiro atoms. The number of allylic oxidation sites excluding steroid dienone is 3. The molecule has 0 saturated heterocycles. The van der Waals surface area contributed by atoms with Gasteiger partial charge in [0.1, 0.15) is 23.2 Å². The lowest BCUT2D eigenvalue weighted by molar-refractivity contribution is -0.116. The number of nitriles is 1. The summed E-state index contributed by atoms with van der Waals surface area (Å²) in [5.41, 5.74) is 7.58. The highest BCUT2D eigenvalue weighted by Gasteiger charge is 2.39. The average molecular weight is 389 g/mol. The minimum absolute atomic E-state index is 0.0237. The molecule has 6 nitrogen and oxygen atoms in total. The number of thiazole rings is 1. The summed E-state index contributed by atoms with van der Waals surface area (Å²) >= 11 is 1.53. The van der Waals surface area contributed by atoms with E-state index in [0.29, 0.717) is 42.1 Å². The van der Waals surface area contributed by atoms with Gasteiger partial charge in [-0.2, -0.15) is 5.26 Å². The molecule has 0 fully saturated rings. The number of nitrogens with two attached hydrogens (primary N) is 1. The molecular formula is C21H15N3O3S. The number of ketones is 1. The largest absolute Gasteiger partial charge is 0.458 e. The van der Waals surface area contributed by atoms with Crippen molar-refractivity contribution in [1.29, 1.82) is 5.26 Å². The summed E-state index contributed by atoms with van der Waals surface area (Å²) in [7, 11) is 0. The van der Waals surface area contributed by atoms with Crippen LogP contribution in [0.2, 0.25) is 0 Å². The molecule has 1 aliphatic heterocycles. The third kappa shape index (κ3) is 2.53. The van der Waals surface area contributed by atoms with Crippen LogP contribution in [-0.2, 0) is 9.53 Å². The quantitative estimate of drug-likeness (QED) is 0.698. The highest BCUT2D eigenvalue weighted by molar-refractivity contribution is 7.21. The topological polar surface area (TPSA) is 102 Å². The third-order valence-corrected chi connectivity index (χ3v) is 6.07. The van der Waals surface area contributed by atoms with Crippen LogP contribution in [0.4, 0.5) is 0 Å². The molecule has 3 heterocycles. The Hall–Kier alpha value is -3.37. The van der Waals surface area contributed by atoms with Crippen molar-refractivity contribution < 1.29 is 13.9 Å². The first-order chi connectivity index (χ1) is 13.7. The molecule has 2 aromatic heterocycles. The van der Waals surface area contributed by atoms with E-state index >= 15 is 0 Å². The van der Waals surface area contributed by atoms with Crippen molar-refractivity contribution in [1.82, 2.24) is 4.98 Å². The number of rotatable bonds is 2. The van der Waals surface area contributed by atoms with Crippen LogP contribution in [0.25, 0.3) is 21.0 Å². The number of carbonyl (C=O) groups excluding carboxylic acids is 1. The Morgan fingerprint density at radius 2 is 2.07 bits per heavy atom. The maximum absolute atomic E-state index is 12.6. The summed E-state index contributed by atoms with van der Waals surface area (Å²) in [5, 5.41) is 10.4. The van der Waals surface area contributed by atoms with Crippen molar-refractivity contribution >= 4 is 27.3 Å². The van der Waals surface area contributed by atoms with E-state index in [4.69, 9.17) is 14.9 Å². The Kier molecular flexibility index (Phi) is 3.81. The number of para-hydroxylation sites is 1. The fourth-order valence-corrected chi connectivity index (χ4v) is 4.67. The second-order valence-corrected chi connectivity index (χ2v) is 7.76. The average Bonchev–Trinajstić information content (AvgIpc) is 3.34. The number of carbonyl (C=O) groups is 1. The molecule has 0 saturated carbocycles. The first-order valence-electron chi connectivity index (χ1n) is 8.95. The van der Waals surface area contributed by atoms with Crippen LogP contribution in [-0.4, -0.2) is 10.8 Å². The summed E-state index contributed by atoms with van der Waals surface area (Å²) in [6.45, 7) is 0. The second kappa shape index (κ2) is 6.36. The first-order valence-corrected chi connectivity index (χ1v) is 9.77. The van der Waals surface area contributed by atoms with Gasteiger partial charge in [-0.1, -0.05) is 12.1 Å². The van der Waals surface area contributed by atoms with Gasteiger partial charge in [0.05, 0.1) is 16.1 Å². The van der Waals surface area contributed by atoms with Gasteiger partial charge in [0, 0.05) is 18.4 Å². The number of ether oxygens (including phenoxy) is 1. The molecule has 1 atom stereocenters. The molecule has 1 aliphatic carbocycles. The van der Waals surface area contributed by atoms with Crippen LogP contribution in [0.5, 0.6) is 0 Å². The van der Waals surface area contributed by atoms with Crippen LogP contribution in [0, 0.1) is 11.3 Å². The number of benzene rings is 1. The molecule has 0 radical (unpaired) electrons. The van der Waals surface area contributed by atoms with E-state index in [0.717, 1.165) is 15.2 Å². The Bertz CT molecular complexity index is 1190. The normalized spacial score (nSPS) is 19.5. The zero-order chi connectivity index (χ0) is 19.3. The van der Waals surface area contributed by atoms with E-state index in [2.05, 4.69) is 11.1 Å². The summed E-state index contributed by atoms with van der Waals surface area (Å²) in [5.74, 6) is 1.03. The Morgan fingerprint density at radius 3 is 2.89 bits per heavy atom. The van der Waals surface area contributed by atoms with Crippen molar-refractivity contribution in [2.24, 2.45) is 5.73 Å². The molecular weight excluding hydrogens is 374 g/mol. The molecule has 138 valence electrons. The van der Waals surface area contributed by atoms with E-state index in [-0.39, 0.29) is 17.2 Å². The van der Waals surface area contributed by atoms with Crippen molar-refractivity contribution in [3.63, 3.8) is 0 Å². The SMILES string of the molecule is N#CC1=C(N)OC2=C(C(=O)CCC2)C1c1ccc(-c2nc3ccccc3s2)o1. The summed E-state index contributed by atoms with van der Waals surface area (Å²) in [6, 6.07) is 13.6. The molecule has 2 aliphatic rings. The van der Waals surface area contributed by atoms with E-state index in [9.17, 15) is 10.1 Å². The van der Waals surface area contributed by atoms with Crippen LogP contribution in [0.1, 0.15) is 30.9 Å². The third-order valence-electron chi connectivity index (χ3n) is 5.02. The second-order valence-electron chi connectivity index (χ2n) is 6.73. The Balaban J connectivity index is 1.61. The number of aromatic nitrogens is 1. The smallest absolute Gasteiger partial charge is 0.205 e. The van der Waals surface area contributed by atoms with Crippen molar-refractivity contribution in [2.75, 3.05) is 0 Å². The van der Waals surface area contributed by atoms with Crippen molar-refractivity contribution in [2.45, 2.75) is 25.2 Å². The number of hydrogen-bond acceptors (Lipinski definition) is 7. The lowest BCUT2D eigenvalue weighted by Crippen LogP contribution is -2.27. The van der Waals surface area contributed by atoms with E-state index in [1.165, 1.54) is 11.3 Å². The number of Topliss-reactive ketones (excluding diaryl/α,β-unsaturated/α-hetero) is 1. The summed E-state index contributed by atoms with van der Waals surface area (Å²) in [4.78, 5) is 17.2. The van der Waals surface area contributed by atoms with E-state index in [1.54, 1.807) is 6.07 Å². The Morgan fingerprint density at radius 1 is 1.21 bits per heavy atom. The van der Waals surface area contributed by atoms with Crippen molar-refractivity contribution in [3.8, 4) is 16.8 Å². The maximum Gasteiger partial charge on any atom is 0.205 e. The van der Waals surface area contributed by atoms with Gasteiger partial charge in [0.25, 0.3) is 0 Å². The lowest BCUT2D eigenvalue weighted by Gasteiger charge is -2.29. The highest BCUT2D eigenvalue weighted by Crippen LogP contribution is 2.44. The number of nitrogens with zero attached hydrogens (tertiary/aromatic N) is 2. The van der Waals surface area contributed by atoms with Gasteiger partial charge in [0.2, 0.25) is 5.88 Å². The van der Waals surface area contributed by atoms with E-state index in [1.807, 2.05) is 30.3 Å². The predicted molar refractivity (Wildman–Crippen MR) is 104 cm³/mol.